The normalized spacial score (nSPS) is 23.2. The van der Waals surface area contributed by atoms with Crippen molar-refractivity contribution in [2.45, 2.75) is 76.2 Å². The van der Waals surface area contributed by atoms with Crippen molar-refractivity contribution in [3.63, 3.8) is 0 Å². The molecule has 0 radical (unpaired) electrons. The number of halogens is 1. The van der Waals surface area contributed by atoms with E-state index >= 15 is 0 Å². The van der Waals surface area contributed by atoms with E-state index in [9.17, 15) is 14.3 Å². The molecule has 3 fully saturated rings. The summed E-state index contributed by atoms with van der Waals surface area (Å²) in [4.78, 5) is 21.9. The number of oxazole rings is 1. The van der Waals surface area contributed by atoms with E-state index in [4.69, 9.17) is 9.40 Å². The molecule has 0 spiro atoms. The SMILES string of the molecule is CCc1nc(Cc2ccccc2)oc1C1CCN(C[C@H]2CN([C@H](CC3CCC3)C(=O)O)C[C@@H]2c2cccc(F)c2)CC1. The van der Waals surface area contributed by atoms with Crippen LogP contribution in [0, 0.1) is 17.7 Å². The largest absolute Gasteiger partial charge is 0.480 e. The van der Waals surface area contributed by atoms with Gasteiger partial charge in [-0.1, -0.05) is 68.7 Å². The van der Waals surface area contributed by atoms with Gasteiger partial charge in [0.2, 0.25) is 0 Å². The Morgan fingerprint density at radius 3 is 2.52 bits per heavy atom. The van der Waals surface area contributed by atoms with Gasteiger partial charge in [0, 0.05) is 37.9 Å². The van der Waals surface area contributed by atoms with E-state index in [2.05, 4.69) is 28.9 Å². The molecule has 0 unspecified atom stereocenters. The highest BCUT2D eigenvalue weighted by atomic mass is 19.1. The molecule has 1 saturated carbocycles. The summed E-state index contributed by atoms with van der Waals surface area (Å²) in [6.07, 6.45) is 7.85. The molecular weight excluding hydrogens is 529 g/mol. The van der Waals surface area contributed by atoms with Gasteiger partial charge in [-0.25, -0.2) is 9.37 Å². The Balaban J connectivity index is 1.12. The highest BCUT2D eigenvalue weighted by molar-refractivity contribution is 5.73. The molecule has 0 amide bonds. The number of aryl methyl sites for hydroxylation is 1. The van der Waals surface area contributed by atoms with Crippen molar-refractivity contribution in [1.29, 1.82) is 0 Å². The number of hydrogen-bond donors (Lipinski definition) is 1. The number of benzene rings is 2. The van der Waals surface area contributed by atoms with Crippen LogP contribution < -0.4 is 0 Å². The van der Waals surface area contributed by atoms with Crippen LogP contribution in [0.1, 0.15) is 85.8 Å². The predicted octanol–water partition coefficient (Wildman–Crippen LogP) is 6.51. The number of piperidine rings is 1. The second-order valence-electron chi connectivity index (χ2n) is 12.8. The average Bonchev–Trinajstić information content (AvgIpc) is 3.57. The van der Waals surface area contributed by atoms with Gasteiger partial charge in [-0.05, 0) is 73.9 Å². The second-order valence-corrected chi connectivity index (χ2v) is 12.8. The molecule has 3 heterocycles. The minimum Gasteiger partial charge on any atom is -0.480 e. The molecule has 0 bridgehead atoms. The Morgan fingerprint density at radius 1 is 1.07 bits per heavy atom. The van der Waals surface area contributed by atoms with Crippen LogP contribution in [0.4, 0.5) is 4.39 Å². The van der Waals surface area contributed by atoms with Crippen molar-refractivity contribution in [1.82, 2.24) is 14.8 Å². The van der Waals surface area contributed by atoms with Crippen molar-refractivity contribution >= 4 is 5.97 Å². The molecule has 2 aliphatic heterocycles. The van der Waals surface area contributed by atoms with Gasteiger partial charge < -0.3 is 14.4 Å². The summed E-state index contributed by atoms with van der Waals surface area (Å²) in [7, 11) is 0. The maximum absolute atomic E-state index is 14.3. The minimum absolute atomic E-state index is 0.128. The summed E-state index contributed by atoms with van der Waals surface area (Å²) in [5, 5.41) is 10.1. The molecule has 1 N–H and O–H groups in total. The van der Waals surface area contributed by atoms with E-state index in [1.54, 1.807) is 12.1 Å². The fraction of sp³-hybridized carbons (Fsp3) is 0.543. The van der Waals surface area contributed by atoms with Crippen molar-refractivity contribution in [3.8, 4) is 0 Å². The first kappa shape index (κ1) is 29.1. The van der Waals surface area contributed by atoms with Crippen LogP contribution in [0.2, 0.25) is 0 Å². The molecule has 3 aliphatic rings. The molecule has 1 aliphatic carbocycles. The summed E-state index contributed by atoms with van der Waals surface area (Å²) >= 11 is 0. The van der Waals surface area contributed by atoms with Crippen molar-refractivity contribution in [2.75, 3.05) is 32.7 Å². The van der Waals surface area contributed by atoms with E-state index < -0.39 is 12.0 Å². The molecule has 3 atom stereocenters. The lowest BCUT2D eigenvalue weighted by Crippen LogP contribution is -2.43. The van der Waals surface area contributed by atoms with E-state index in [0.717, 1.165) is 87.6 Å². The van der Waals surface area contributed by atoms with Gasteiger partial charge in [0.25, 0.3) is 0 Å². The number of carboxylic acids is 1. The van der Waals surface area contributed by atoms with Gasteiger partial charge in [-0.15, -0.1) is 0 Å². The summed E-state index contributed by atoms with van der Waals surface area (Å²) < 4.78 is 20.7. The summed E-state index contributed by atoms with van der Waals surface area (Å²) in [6.45, 7) is 6.41. The third-order valence-corrected chi connectivity index (χ3v) is 10.0. The van der Waals surface area contributed by atoms with Gasteiger partial charge in [0.1, 0.15) is 17.6 Å². The lowest BCUT2D eigenvalue weighted by molar-refractivity contribution is -0.144. The predicted molar refractivity (Wildman–Crippen MR) is 161 cm³/mol. The molecule has 6 nitrogen and oxygen atoms in total. The molecule has 1 aromatic heterocycles. The summed E-state index contributed by atoms with van der Waals surface area (Å²) in [5.74, 6) is 2.21. The monoisotopic (exact) mass is 573 g/mol. The molecule has 7 heteroatoms. The fourth-order valence-corrected chi connectivity index (χ4v) is 7.45. The number of carbonyl (C=O) groups is 1. The van der Waals surface area contributed by atoms with E-state index in [0.29, 0.717) is 24.8 Å². The summed E-state index contributed by atoms with van der Waals surface area (Å²) in [6, 6.07) is 16.8. The molecule has 42 heavy (non-hydrogen) atoms. The lowest BCUT2D eigenvalue weighted by Gasteiger charge is -2.34. The standard InChI is InChI=1S/C35H44FN3O3/c1-2-31-34(42-33(37-31)19-25-8-4-3-5-9-25)26-14-16-38(17-15-26)21-28-22-39(32(35(40)41)18-24-10-6-11-24)23-30(28)27-12-7-13-29(36)20-27/h3-5,7-9,12-13,20,24,26,28,30,32H,2,6,10-11,14-19,21-23H2,1H3,(H,40,41)/t28-,30+,32+/m0/s1. The Hall–Kier alpha value is -3.03. The van der Waals surface area contributed by atoms with Crippen molar-refractivity contribution in [3.05, 3.63) is 88.9 Å². The number of rotatable bonds is 11. The fourth-order valence-electron chi connectivity index (χ4n) is 7.45. The van der Waals surface area contributed by atoms with Crippen LogP contribution in [0.25, 0.3) is 0 Å². The van der Waals surface area contributed by atoms with Gasteiger partial charge >= 0.3 is 5.97 Å². The molecular formula is C35H44FN3O3. The quantitative estimate of drug-likeness (QED) is 0.282. The number of nitrogens with zero attached hydrogens (tertiary/aromatic N) is 3. The Kier molecular flexibility index (Phi) is 9.06. The average molecular weight is 574 g/mol. The Labute approximate surface area is 248 Å². The Bertz CT molecular complexity index is 1330. The third kappa shape index (κ3) is 6.63. The van der Waals surface area contributed by atoms with Crippen LogP contribution in [0.3, 0.4) is 0 Å². The van der Waals surface area contributed by atoms with Gasteiger partial charge in [-0.2, -0.15) is 0 Å². The first-order chi connectivity index (χ1) is 20.5. The zero-order valence-corrected chi connectivity index (χ0v) is 24.8. The first-order valence-corrected chi connectivity index (χ1v) is 15.9. The highest BCUT2D eigenvalue weighted by Crippen LogP contribution is 2.39. The number of hydrogen-bond acceptors (Lipinski definition) is 5. The van der Waals surface area contributed by atoms with Gasteiger partial charge in [0.15, 0.2) is 5.89 Å². The third-order valence-electron chi connectivity index (χ3n) is 10.0. The van der Waals surface area contributed by atoms with Crippen molar-refractivity contribution in [2.24, 2.45) is 11.8 Å². The summed E-state index contributed by atoms with van der Waals surface area (Å²) in [5.41, 5.74) is 3.28. The maximum atomic E-state index is 14.3. The highest BCUT2D eigenvalue weighted by Gasteiger charge is 2.41. The number of aliphatic carboxylic acids is 1. The van der Waals surface area contributed by atoms with Gasteiger partial charge in [0.05, 0.1) is 5.69 Å². The van der Waals surface area contributed by atoms with E-state index in [1.165, 1.54) is 18.1 Å². The number of likely N-dealkylation sites (tertiary alicyclic amines) is 2. The van der Waals surface area contributed by atoms with Crippen LogP contribution in [-0.2, 0) is 17.6 Å². The van der Waals surface area contributed by atoms with Crippen LogP contribution in [-0.4, -0.2) is 64.6 Å². The molecule has 224 valence electrons. The minimum atomic E-state index is -0.716. The maximum Gasteiger partial charge on any atom is 0.320 e. The van der Waals surface area contributed by atoms with Crippen molar-refractivity contribution < 1.29 is 18.7 Å². The smallest absolute Gasteiger partial charge is 0.320 e. The lowest BCUT2D eigenvalue weighted by atomic mass is 9.80. The Morgan fingerprint density at radius 2 is 1.86 bits per heavy atom. The van der Waals surface area contributed by atoms with Crippen LogP contribution >= 0.6 is 0 Å². The second kappa shape index (κ2) is 13.1. The molecule has 2 aromatic carbocycles. The zero-order valence-electron chi connectivity index (χ0n) is 24.8. The van der Waals surface area contributed by atoms with Crippen LogP contribution in [0.15, 0.2) is 59.0 Å². The number of aromatic nitrogens is 1. The topological polar surface area (TPSA) is 69.8 Å². The van der Waals surface area contributed by atoms with E-state index in [-0.39, 0.29) is 17.7 Å². The van der Waals surface area contributed by atoms with E-state index in [1.807, 2.05) is 24.3 Å². The molecule has 2 saturated heterocycles. The first-order valence-electron chi connectivity index (χ1n) is 15.9. The van der Waals surface area contributed by atoms with Gasteiger partial charge in [-0.3, -0.25) is 9.69 Å². The van der Waals surface area contributed by atoms with Crippen LogP contribution in [0.5, 0.6) is 0 Å². The molecule has 6 rings (SSSR count). The zero-order chi connectivity index (χ0) is 29.1. The molecule has 3 aromatic rings. The number of carboxylic acid groups (broad SMARTS) is 1.